The van der Waals surface area contributed by atoms with Gasteiger partial charge in [0.15, 0.2) is 5.16 Å². The molecule has 1 amide bonds. The van der Waals surface area contributed by atoms with Crippen LogP contribution in [0.4, 0.5) is 5.82 Å². The van der Waals surface area contributed by atoms with Crippen molar-refractivity contribution in [2.45, 2.75) is 43.1 Å². The standard InChI is InChI=1S/C32H33ClN4OS/c1-23-15-17-37(18-16-23)30-21-29(33)35-32(36-30)39-22-25-11-8-14-27(19-25)31(38)34-28(26-12-6-3-7-13-26)20-24-9-4-2-5-10-24/h2-14,19,21,23,28H,15-18,20,22H2,1H3,(H,34,38)/t28-/m1/s1. The van der Waals surface area contributed by atoms with E-state index in [0.29, 0.717) is 21.6 Å². The Hall–Kier alpha value is -3.35. The number of thioether (sulfide) groups is 1. The Morgan fingerprint density at radius 2 is 1.64 bits per heavy atom. The smallest absolute Gasteiger partial charge is 0.251 e. The van der Waals surface area contributed by atoms with Gasteiger partial charge < -0.3 is 10.2 Å². The molecule has 1 saturated heterocycles. The molecule has 39 heavy (non-hydrogen) atoms. The predicted octanol–water partition coefficient (Wildman–Crippen LogP) is 7.37. The van der Waals surface area contributed by atoms with Crippen LogP contribution in [-0.2, 0) is 12.2 Å². The normalized spacial score (nSPS) is 14.7. The molecule has 0 bridgehead atoms. The molecule has 5 rings (SSSR count). The van der Waals surface area contributed by atoms with Crippen molar-refractivity contribution < 1.29 is 4.79 Å². The Labute approximate surface area is 240 Å². The van der Waals surface area contributed by atoms with Crippen LogP contribution in [0.1, 0.15) is 52.9 Å². The number of rotatable bonds is 9. The average molecular weight is 557 g/mol. The molecule has 0 saturated carbocycles. The zero-order valence-corrected chi connectivity index (χ0v) is 23.7. The van der Waals surface area contributed by atoms with E-state index >= 15 is 0 Å². The lowest BCUT2D eigenvalue weighted by atomic mass is 9.98. The van der Waals surface area contributed by atoms with Gasteiger partial charge in [-0.1, -0.05) is 103 Å². The fourth-order valence-electron chi connectivity index (χ4n) is 4.83. The van der Waals surface area contributed by atoms with Crippen LogP contribution in [0.25, 0.3) is 0 Å². The van der Waals surface area contributed by atoms with Crippen molar-refractivity contribution in [1.29, 1.82) is 0 Å². The number of amides is 1. The molecule has 2 heterocycles. The number of benzene rings is 3. The minimum atomic E-state index is -0.129. The molecule has 1 N–H and O–H groups in total. The van der Waals surface area contributed by atoms with Crippen LogP contribution >= 0.6 is 23.4 Å². The number of hydrogen-bond acceptors (Lipinski definition) is 5. The van der Waals surface area contributed by atoms with E-state index in [4.69, 9.17) is 16.6 Å². The van der Waals surface area contributed by atoms with Crippen LogP contribution < -0.4 is 10.2 Å². The second-order valence-corrected chi connectivity index (χ2v) is 11.4. The fourth-order valence-corrected chi connectivity index (χ4v) is 5.85. The lowest BCUT2D eigenvalue weighted by Crippen LogP contribution is -2.33. The van der Waals surface area contributed by atoms with Gasteiger partial charge in [0.2, 0.25) is 0 Å². The molecular formula is C32H33ClN4OS. The topological polar surface area (TPSA) is 58.1 Å². The second kappa shape index (κ2) is 13.1. The molecule has 5 nitrogen and oxygen atoms in total. The summed E-state index contributed by atoms with van der Waals surface area (Å²) < 4.78 is 0. The molecule has 200 valence electrons. The number of carbonyl (C=O) groups is 1. The van der Waals surface area contributed by atoms with Crippen LogP contribution in [0, 0.1) is 5.92 Å². The average Bonchev–Trinajstić information content (AvgIpc) is 2.97. The molecule has 1 aromatic heterocycles. The van der Waals surface area contributed by atoms with Gasteiger partial charge in [-0.15, -0.1) is 0 Å². The molecule has 3 aromatic carbocycles. The predicted molar refractivity (Wildman–Crippen MR) is 160 cm³/mol. The summed E-state index contributed by atoms with van der Waals surface area (Å²) >= 11 is 7.89. The Kier molecular flexibility index (Phi) is 9.17. The first-order chi connectivity index (χ1) is 19.0. The molecule has 0 aliphatic carbocycles. The number of nitrogens with one attached hydrogen (secondary N) is 1. The number of hydrogen-bond donors (Lipinski definition) is 1. The number of halogens is 1. The van der Waals surface area contributed by atoms with Crippen molar-refractivity contribution in [3.63, 3.8) is 0 Å². The van der Waals surface area contributed by atoms with Gasteiger partial charge in [-0.05, 0) is 54.0 Å². The summed E-state index contributed by atoms with van der Waals surface area (Å²) in [5.74, 6) is 2.19. The maximum absolute atomic E-state index is 13.4. The van der Waals surface area contributed by atoms with Crippen molar-refractivity contribution in [2.75, 3.05) is 18.0 Å². The van der Waals surface area contributed by atoms with E-state index in [-0.39, 0.29) is 11.9 Å². The van der Waals surface area contributed by atoms with Crippen molar-refractivity contribution in [2.24, 2.45) is 5.92 Å². The first-order valence-corrected chi connectivity index (χ1v) is 14.8. The fraction of sp³-hybridized carbons (Fsp3) is 0.281. The van der Waals surface area contributed by atoms with E-state index in [1.165, 1.54) is 17.3 Å². The zero-order chi connectivity index (χ0) is 27.0. The summed E-state index contributed by atoms with van der Waals surface area (Å²) in [5.41, 5.74) is 3.93. The van der Waals surface area contributed by atoms with Gasteiger partial charge in [-0.25, -0.2) is 9.97 Å². The van der Waals surface area contributed by atoms with E-state index in [2.05, 4.69) is 46.4 Å². The van der Waals surface area contributed by atoms with Gasteiger partial charge in [0.05, 0.1) is 6.04 Å². The van der Waals surface area contributed by atoms with Crippen LogP contribution in [0.2, 0.25) is 5.15 Å². The van der Waals surface area contributed by atoms with Gasteiger partial charge in [0.1, 0.15) is 11.0 Å². The van der Waals surface area contributed by atoms with Gasteiger partial charge in [0.25, 0.3) is 5.91 Å². The van der Waals surface area contributed by atoms with E-state index in [1.54, 1.807) is 0 Å². The van der Waals surface area contributed by atoms with Crippen molar-refractivity contribution in [1.82, 2.24) is 15.3 Å². The quantitative estimate of drug-likeness (QED) is 0.132. The number of aromatic nitrogens is 2. The molecule has 0 spiro atoms. The summed E-state index contributed by atoms with van der Waals surface area (Å²) in [5, 5.41) is 4.37. The van der Waals surface area contributed by atoms with Gasteiger partial charge >= 0.3 is 0 Å². The van der Waals surface area contributed by atoms with Crippen molar-refractivity contribution >= 4 is 35.1 Å². The Morgan fingerprint density at radius 3 is 2.38 bits per heavy atom. The Bertz CT molecular complexity index is 1380. The Balaban J connectivity index is 1.26. The van der Waals surface area contributed by atoms with Crippen molar-refractivity contribution in [3.05, 3.63) is 118 Å². The molecule has 1 atom stereocenters. The molecule has 4 aromatic rings. The van der Waals surface area contributed by atoms with Gasteiger partial charge in [-0.3, -0.25) is 4.79 Å². The summed E-state index contributed by atoms with van der Waals surface area (Å²) in [6.45, 7) is 4.28. The lowest BCUT2D eigenvalue weighted by Gasteiger charge is -2.31. The third-order valence-electron chi connectivity index (χ3n) is 7.12. The molecule has 0 unspecified atom stereocenters. The molecule has 0 radical (unpaired) electrons. The van der Waals surface area contributed by atoms with Crippen molar-refractivity contribution in [3.8, 4) is 0 Å². The highest BCUT2D eigenvalue weighted by molar-refractivity contribution is 7.98. The van der Waals surface area contributed by atoms with E-state index < -0.39 is 0 Å². The minimum Gasteiger partial charge on any atom is -0.356 e. The van der Waals surface area contributed by atoms with Crippen LogP contribution in [0.15, 0.2) is 96.2 Å². The molecule has 1 aliphatic heterocycles. The maximum atomic E-state index is 13.4. The highest BCUT2D eigenvalue weighted by atomic mass is 35.5. The minimum absolute atomic E-state index is 0.0905. The third kappa shape index (κ3) is 7.61. The van der Waals surface area contributed by atoms with Crippen LogP contribution in [0.5, 0.6) is 0 Å². The number of piperidine rings is 1. The second-order valence-electron chi connectivity index (χ2n) is 10.1. The van der Waals surface area contributed by atoms with Gasteiger partial charge in [0, 0.05) is 30.5 Å². The number of carbonyl (C=O) groups excluding carboxylic acids is 1. The van der Waals surface area contributed by atoms with E-state index in [9.17, 15) is 4.79 Å². The summed E-state index contributed by atoms with van der Waals surface area (Å²) in [4.78, 5) is 24.9. The van der Waals surface area contributed by atoms with E-state index in [1.807, 2.05) is 66.7 Å². The lowest BCUT2D eigenvalue weighted by molar-refractivity contribution is 0.0936. The highest BCUT2D eigenvalue weighted by Gasteiger charge is 2.19. The SMILES string of the molecule is CC1CCN(c2cc(Cl)nc(SCc3cccc(C(=O)N[C@H](Cc4ccccc4)c4ccccc4)c3)n2)CC1. The monoisotopic (exact) mass is 556 g/mol. The van der Waals surface area contributed by atoms with Gasteiger partial charge in [-0.2, -0.15) is 0 Å². The molecule has 7 heteroatoms. The largest absolute Gasteiger partial charge is 0.356 e. The van der Waals surface area contributed by atoms with Crippen LogP contribution in [-0.4, -0.2) is 29.0 Å². The zero-order valence-electron chi connectivity index (χ0n) is 22.1. The Morgan fingerprint density at radius 1 is 0.949 bits per heavy atom. The maximum Gasteiger partial charge on any atom is 0.251 e. The number of nitrogens with zero attached hydrogens (tertiary/aromatic N) is 3. The summed E-state index contributed by atoms with van der Waals surface area (Å²) in [7, 11) is 0. The highest BCUT2D eigenvalue weighted by Crippen LogP contribution is 2.28. The van der Waals surface area contributed by atoms with E-state index in [0.717, 1.165) is 55.2 Å². The summed E-state index contributed by atoms with van der Waals surface area (Å²) in [6, 6.07) is 29.9. The third-order valence-corrected chi connectivity index (χ3v) is 8.23. The molecular weight excluding hydrogens is 524 g/mol. The van der Waals surface area contributed by atoms with Crippen LogP contribution in [0.3, 0.4) is 0 Å². The number of anilines is 1. The molecule has 1 fully saturated rings. The first-order valence-electron chi connectivity index (χ1n) is 13.4. The molecule has 1 aliphatic rings. The first kappa shape index (κ1) is 27.2. The summed E-state index contributed by atoms with van der Waals surface area (Å²) in [6.07, 6.45) is 3.04.